The number of carboxylic acids is 1. The lowest BCUT2D eigenvalue weighted by molar-refractivity contribution is -0.154. The summed E-state index contributed by atoms with van der Waals surface area (Å²) >= 11 is 0. The van der Waals surface area contributed by atoms with Crippen molar-refractivity contribution in [3.05, 3.63) is 0 Å². The van der Waals surface area contributed by atoms with Crippen molar-refractivity contribution in [1.29, 1.82) is 0 Å². The second-order valence-corrected chi connectivity index (χ2v) is 3.83. The first-order valence-corrected chi connectivity index (χ1v) is 5.07. The van der Waals surface area contributed by atoms with Crippen LogP contribution in [-0.4, -0.2) is 68.4 Å². The van der Waals surface area contributed by atoms with Crippen molar-refractivity contribution in [2.24, 2.45) is 0 Å². The fourth-order valence-corrected chi connectivity index (χ4v) is 1.99. The molecule has 1 saturated heterocycles. The summed E-state index contributed by atoms with van der Waals surface area (Å²) in [5, 5.41) is 27.0. The predicted molar refractivity (Wildman–Crippen MR) is 55.0 cm³/mol. The maximum atomic E-state index is 11.3. The molecule has 8 nitrogen and oxygen atoms in total. The van der Waals surface area contributed by atoms with Gasteiger partial charge in [0.05, 0.1) is 6.54 Å². The minimum atomic E-state index is -1.69. The lowest BCUT2D eigenvalue weighted by atomic mass is 9.91. The number of hydrogen-bond acceptors (Lipinski definition) is 3. The molecule has 1 atom stereocenters. The molecule has 0 spiro atoms. The van der Waals surface area contributed by atoms with Crippen LogP contribution in [0.1, 0.15) is 13.3 Å². The van der Waals surface area contributed by atoms with Gasteiger partial charge in [-0.15, -0.1) is 0 Å². The third-order valence-electron chi connectivity index (χ3n) is 3.05. The Hall–Kier alpha value is -1.99. The van der Waals surface area contributed by atoms with E-state index in [9.17, 15) is 19.5 Å². The molecule has 8 heteroatoms. The molecule has 0 saturated carbocycles. The van der Waals surface area contributed by atoms with Gasteiger partial charge in [-0.05, 0) is 6.42 Å². The van der Waals surface area contributed by atoms with E-state index in [4.69, 9.17) is 10.2 Å². The van der Waals surface area contributed by atoms with Gasteiger partial charge < -0.3 is 20.2 Å². The second-order valence-electron chi connectivity index (χ2n) is 3.83. The Bertz CT molecular complexity index is 357. The lowest BCUT2D eigenvalue weighted by Crippen LogP contribution is -2.67. The number of aliphatic carboxylic acids is 1. The summed E-state index contributed by atoms with van der Waals surface area (Å²) in [6, 6.07) is 0. The number of rotatable bonds is 2. The highest BCUT2D eigenvalue weighted by molar-refractivity contribution is 5.85. The first-order valence-electron chi connectivity index (χ1n) is 5.07. The van der Waals surface area contributed by atoms with Gasteiger partial charge in [0.25, 0.3) is 0 Å². The predicted octanol–water partition coefficient (Wildman–Crippen LogP) is 0.193. The van der Waals surface area contributed by atoms with Gasteiger partial charge in [0.1, 0.15) is 0 Å². The molecule has 0 aromatic heterocycles. The highest BCUT2D eigenvalue weighted by atomic mass is 16.4. The molecular formula is C9H14N2O6. The quantitative estimate of drug-likeness (QED) is 0.640. The largest absolute Gasteiger partial charge is 0.479 e. The molecular weight excluding hydrogens is 232 g/mol. The molecule has 2 amide bonds. The summed E-state index contributed by atoms with van der Waals surface area (Å²) in [6.07, 6.45) is -2.58. The zero-order valence-corrected chi connectivity index (χ0v) is 9.29. The molecule has 1 aliphatic rings. The van der Waals surface area contributed by atoms with Gasteiger partial charge >= 0.3 is 18.2 Å². The second kappa shape index (κ2) is 4.48. The molecule has 96 valence electrons. The van der Waals surface area contributed by atoms with Crippen molar-refractivity contribution in [3.63, 3.8) is 0 Å². The normalized spacial score (nSPS) is 24.5. The van der Waals surface area contributed by atoms with Crippen molar-refractivity contribution in [2.75, 3.05) is 19.6 Å². The van der Waals surface area contributed by atoms with Gasteiger partial charge in [0.15, 0.2) is 5.54 Å². The van der Waals surface area contributed by atoms with Crippen LogP contribution in [0.25, 0.3) is 0 Å². The Morgan fingerprint density at radius 2 is 1.71 bits per heavy atom. The summed E-state index contributed by atoms with van der Waals surface area (Å²) in [6.45, 7) is 1.02. The summed E-state index contributed by atoms with van der Waals surface area (Å²) < 4.78 is 0. The van der Waals surface area contributed by atoms with Crippen molar-refractivity contribution < 1.29 is 29.7 Å². The topological polar surface area (TPSA) is 118 Å². The number of carbonyl (C=O) groups is 3. The van der Waals surface area contributed by atoms with E-state index in [1.807, 2.05) is 0 Å². The summed E-state index contributed by atoms with van der Waals surface area (Å²) in [4.78, 5) is 34.8. The van der Waals surface area contributed by atoms with Gasteiger partial charge in [0.2, 0.25) is 0 Å². The average Bonchev–Trinajstić information content (AvgIpc) is 2.27. The number of piperazine rings is 1. The highest BCUT2D eigenvalue weighted by Crippen LogP contribution is 2.26. The zero-order chi connectivity index (χ0) is 13.2. The molecule has 0 bridgehead atoms. The first kappa shape index (κ1) is 13.1. The van der Waals surface area contributed by atoms with Crippen LogP contribution in [0.15, 0.2) is 0 Å². The minimum Gasteiger partial charge on any atom is -0.479 e. The minimum absolute atomic E-state index is 0.0123. The van der Waals surface area contributed by atoms with Crippen molar-refractivity contribution >= 4 is 18.2 Å². The van der Waals surface area contributed by atoms with E-state index in [2.05, 4.69) is 0 Å². The molecule has 1 unspecified atom stereocenters. The van der Waals surface area contributed by atoms with Gasteiger partial charge in [-0.3, -0.25) is 4.90 Å². The monoisotopic (exact) mass is 246 g/mol. The van der Waals surface area contributed by atoms with Gasteiger partial charge in [-0.25, -0.2) is 14.4 Å². The number of hydrogen-bond donors (Lipinski definition) is 3. The van der Waals surface area contributed by atoms with E-state index in [0.717, 1.165) is 9.80 Å². The van der Waals surface area contributed by atoms with Crippen LogP contribution in [0.4, 0.5) is 9.59 Å². The molecule has 0 radical (unpaired) electrons. The molecule has 1 fully saturated rings. The third kappa shape index (κ3) is 2.10. The average molecular weight is 246 g/mol. The molecule has 0 aliphatic carbocycles. The molecule has 17 heavy (non-hydrogen) atoms. The SMILES string of the molecule is CCC1(C(=O)O)CN(C(=O)O)CCN1C(=O)O. The Morgan fingerprint density at radius 3 is 2.06 bits per heavy atom. The maximum Gasteiger partial charge on any atom is 0.408 e. The van der Waals surface area contributed by atoms with E-state index in [1.54, 1.807) is 0 Å². The van der Waals surface area contributed by atoms with E-state index >= 15 is 0 Å². The zero-order valence-electron chi connectivity index (χ0n) is 9.29. The Labute approximate surface area is 97.0 Å². The summed E-state index contributed by atoms with van der Waals surface area (Å²) in [5.41, 5.74) is -1.69. The summed E-state index contributed by atoms with van der Waals surface area (Å²) in [5.74, 6) is -1.33. The van der Waals surface area contributed by atoms with Crippen LogP contribution in [0.2, 0.25) is 0 Å². The fraction of sp³-hybridized carbons (Fsp3) is 0.667. The van der Waals surface area contributed by atoms with Gasteiger partial charge in [0, 0.05) is 13.1 Å². The standard InChI is InChI=1S/C9H14N2O6/c1-2-9(6(12)13)5-10(7(14)15)3-4-11(9)8(16)17/h2-5H2,1H3,(H,12,13)(H,14,15)(H,16,17). The van der Waals surface area contributed by atoms with Crippen LogP contribution in [0, 0.1) is 0 Å². The van der Waals surface area contributed by atoms with E-state index in [0.29, 0.717) is 0 Å². The van der Waals surface area contributed by atoms with E-state index in [-0.39, 0.29) is 26.1 Å². The number of carboxylic acid groups (broad SMARTS) is 3. The number of amides is 2. The molecule has 1 aliphatic heterocycles. The Balaban J connectivity index is 3.09. The van der Waals surface area contributed by atoms with Crippen LogP contribution in [-0.2, 0) is 4.79 Å². The van der Waals surface area contributed by atoms with E-state index < -0.39 is 23.7 Å². The van der Waals surface area contributed by atoms with Crippen LogP contribution < -0.4 is 0 Å². The molecule has 1 rings (SSSR count). The van der Waals surface area contributed by atoms with Crippen LogP contribution in [0.3, 0.4) is 0 Å². The Morgan fingerprint density at radius 1 is 1.12 bits per heavy atom. The Kier molecular flexibility index (Phi) is 3.45. The molecule has 0 aromatic carbocycles. The van der Waals surface area contributed by atoms with Crippen LogP contribution >= 0.6 is 0 Å². The lowest BCUT2D eigenvalue weighted by Gasteiger charge is -2.45. The van der Waals surface area contributed by atoms with Crippen molar-refractivity contribution in [1.82, 2.24) is 9.80 Å². The van der Waals surface area contributed by atoms with E-state index in [1.165, 1.54) is 6.92 Å². The molecule has 1 heterocycles. The molecule has 3 N–H and O–H groups in total. The van der Waals surface area contributed by atoms with Gasteiger partial charge in [-0.1, -0.05) is 6.92 Å². The third-order valence-corrected chi connectivity index (χ3v) is 3.05. The maximum absolute atomic E-state index is 11.3. The number of nitrogens with zero attached hydrogens (tertiary/aromatic N) is 2. The highest BCUT2D eigenvalue weighted by Gasteiger charge is 2.50. The molecule has 0 aromatic rings. The van der Waals surface area contributed by atoms with Gasteiger partial charge in [-0.2, -0.15) is 0 Å². The smallest absolute Gasteiger partial charge is 0.408 e. The van der Waals surface area contributed by atoms with Crippen LogP contribution in [0.5, 0.6) is 0 Å². The summed E-state index contributed by atoms with van der Waals surface area (Å²) in [7, 11) is 0. The van der Waals surface area contributed by atoms with Crippen molar-refractivity contribution in [3.8, 4) is 0 Å². The fourth-order valence-electron chi connectivity index (χ4n) is 1.99. The van der Waals surface area contributed by atoms with Crippen molar-refractivity contribution in [2.45, 2.75) is 18.9 Å². The first-order chi connectivity index (χ1) is 7.85.